The summed E-state index contributed by atoms with van der Waals surface area (Å²) in [6.45, 7) is 7.16. The standard InChI is InChI=1S/C15H26BNO4/c1-10(16)20-13(18)9-11-5-7-12(8-6-11)17-14(19)21-15(2,3)4/h10-12H,5-9H2,1-4H3,(H,17,19). The van der Waals surface area contributed by atoms with Gasteiger partial charge in [-0.2, -0.15) is 0 Å². The zero-order chi connectivity index (χ0) is 16.0. The van der Waals surface area contributed by atoms with E-state index in [2.05, 4.69) is 5.32 Å². The number of hydrogen-bond donors (Lipinski definition) is 1. The summed E-state index contributed by atoms with van der Waals surface area (Å²) in [5.41, 5.74) is -0.482. The van der Waals surface area contributed by atoms with E-state index in [0.717, 1.165) is 25.7 Å². The van der Waals surface area contributed by atoms with Crippen LogP contribution in [0.5, 0.6) is 0 Å². The Hall–Kier alpha value is -1.20. The van der Waals surface area contributed by atoms with E-state index in [4.69, 9.17) is 17.3 Å². The molecule has 118 valence electrons. The first-order valence-corrected chi connectivity index (χ1v) is 7.60. The fraction of sp³-hybridized carbons (Fsp3) is 0.867. The van der Waals surface area contributed by atoms with E-state index in [1.165, 1.54) is 0 Å². The molecule has 0 aromatic heterocycles. The van der Waals surface area contributed by atoms with Crippen LogP contribution in [0, 0.1) is 5.92 Å². The molecule has 1 aliphatic carbocycles. The molecule has 21 heavy (non-hydrogen) atoms. The van der Waals surface area contributed by atoms with Crippen molar-refractivity contribution in [3.63, 3.8) is 0 Å². The molecular formula is C15H26BNO4. The van der Waals surface area contributed by atoms with Gasteiger partial charge in [-0.3, -0.25) is 4.79 Å². The van der Waals surface area contributed by atoms with Crippen LogP contribution in [0.15, 0.2) is 0 Å². The van der Waals surface area contributed by atoms with E-state index in [0.29, 0.717) is 12.3 Å². The molecule has 1 rings (SSSR count). The van der Waals surface area contributed by atoms with Crippen molar-refractivity contribution in [2.24, 2.45) is 5.92 Å². The third kappa shape index (κ3) is 7.98. The number of carbonyl (C=O) groups is 2. The summed E-state index contributed by atoms with van der Waals surface area (Å²) < 4.78 is 10.2. The van der Waals surface area contributed by atoms with E-state index in [1.807, 2.05) is 20.8 Å². The minimum absolute atomic E-state index is 0.126. The lowest BCUT2D eigenvalue weighted by Gasteiger charge is -2.29. The third-order valence-corrected chi connectivity index (χ3v) is 3.34. The number of ether oxygens (including phenoxy) is 2. The van der Waals surface area contributed by atoms with Gasteiger partial charge in [0, 0.05) is 12.5 Å². The molecule has 1 atom stereocenters. The van der Waals surface area contributed by atoms with Gasteiger partial charge in [0.1, 0.15) is 13.4 Å². The zero-order valence-corrected chi connectivity index (χ0v) is 13.5. The van der Waals surface area contributed by atoms with Gasteiger partial charge in [-0.25, -0.2) is 4.79 Å². The molecule has 0 saturated heterocycles. The van der Waals surface area contributed by atoms with Crippen molar-refractivity contribution in [3.8, 4) is 0 Å². The van der Waals surface area contributed by atoms with Crippen molar-refractivity contribution in [2.75, 3.05) is 0 Å². The summed E-state index contributed by atoms with van der Waals surface area (Å²) in [5, 5.41) is 2.88. The number of alkyl carbamates (subject to hydrolysis) is 1. The topological polar surface area (TPSA) is 64.6 Å². The average molecular weight is 295 g/mol. The third-order valence-electron chi connectivity index (χ3n) is 3.34. The van der Waals surface area contributed by atoms with Gasteiger partial charge in [-0.05, 0) is 59.3 Å². The van der Waals surface area contributed by atoms with Gasteiger partial charge in [0.2, 0.25) is 0 Å². The second kappa shape index (κ2) is 7.71. The lowest BCUT2D eigenvalue weighted by atomic mass is 9.84. The minimum Gasteiger partial charge on any atom is -0.473 e. The van der Waals surface area contributed by atoms with Crippen molar-refractivity contribution in [2.45, 2.75) is 77.4 Å². The molecule has 0 spiro atoms. The van der Waals surface area contributed by atoms with Crippen LogP contribution in [0.2, 0.25) is 0 Å². The van der Waals surface area contributed by atoms with Crippen LogP contribution in [-0.4, -0.2) is 37.6 Å². The molecule has 6 heteroatoms. The fourth-order valence-electron chi connectivity index (χ4n) is 2.48. The predicted molar refractivity (Wildman–Crippen MR) is 81.0 cm³/mol. The predicted octanol–water partition coefficient (Wildman–Crippen LogP) is 2.52. The van der Waals surface area contributed by atoms with E-state index in [-0.39, 0.29) is 18.1 Å². The second-order valence-electron chi connectivity index (χ2n) is 6.76. The average Bonchev–Trinajstić information content (AvgIpc) is 2.27. The normalized spacial score (nSPS) is 24.0. The number of esters is 1. The van der Waals surface area contributed by atoms with Crippen molar-refractivity contribution in [1.29, 1.82) is 0 Å². The van der Waals surface area contributed by atoms with Crippen LogP contribution in [0.3, 0.4) is 0 Å². The Balaban J connectivity index is 2.26. The maximum atomic E-state index is 11.7. The maximum absolute atomic E-state index is 11.7. The Labute approximate surface area is 128 Å². The first kappa shape index (κ1) is 17.9. The van der Waals surface area contributed by atoms with E-state index in [9.17, 15) is 9.59 Å². The Kier molecular flexibility index (Phi) is 6.56. The van der Waals surface area contributed by atoms with Crippen LogP contribution < -0.4 is 5.32 Å². The highest BCUT2D eigenvalue weighted by Crippen LogP contribution is 2.27. The molecule has 0 bridgehead atoms. The molecule has 1 aliphatic rings. The highest BCUT2D eigenvalue weighted by Gasteiger charge is 2.26. The van der Waals surface area contributed by atoms with Crippen molar-refractivity contribution in [1.82, 2.24) is 5.32 Å². The lowest BCUT2D eigenvalue weighted by molar-refractivity contribution is -0.146. The van der Waals surface area contributed by atoms with Gasteiger partial charge >= 0.3 is 12.1 Å². The monoisotopic (exact) mass is 295 g/mol. The number of rotatable bonds is 4. The minimum atomic E-state index is -0.553. The van der Waals surface area contributed by atoms with Crippen LogP contribution in [0.4, 0.5) is 4.79 Å². The molecule has 0 heterocycles. The molecule has 0 aromatic rings. The van der Waals surface area contributed by atoms with Crippen LogP contribution in [0.1, 0.15) is 59.8 Å². The summed E-state index contributed by atoms with van der Waals surface area (Å²) in [6, 6.07) is -0.428. The molecule has 1 N–H and O–H groups in total. The molecule has 0 aromatic carbocycles. The lowest BCUT2D eigenvalue weighted by Crippen LogP contribution is -2.41. The molecule has 0 aliphatic heterocycles. The zero-order valence-electron chi connectivity index (χ0n) is 13.5. The number of hydrogen-bond acceptors (Lipinski definition) is 4. The fourth-order valence-corrected chi connectivity index (χ4v) is 2.48. The van der Waals surface area contributed by atoms with Gasteiger partial charge < -0.3 is 14.8 Å². The Morgan fingerprint density at radius 1 is 1.24 bits per heavy atom. The van der Waals surface area contributed by atoms with Crippen molar-refractivity contribution in [3.05, 3.63) is 0 Å². The quantitative estimate of drug-likeness (QED) is 0.639. The summed E-state index contributed by atoms with van der Waals surface area (Å²) in [4.78, 5) is 23.2. The molecule has 1 unspecified atom stereocenters. The molecule has 1 amide bonds. The first-order chi connectivity index (χ1) is 9.65. The molecule has 1 saturated carbocycles. The SMILES string of the molecule is [B]C(C)OC(=O)CC1CCC(NC(=O)OC(C)(C)C)CC1. The van der Waals surface area contributed by atoms with E-state index in [1.54, 1.807) is 6.92 Å². The van der Waals surface area contributed by atoms with Crippen molar-refractivity contribution < 1.29 is 19.1 Å². The molecular weight excluding hydrogens is 269 g/mol. The Bertz CT molecular complexity index is 357. The first-order valence-electron chi connectivity index (χ1n) is 7.60. The summed E-state index contributed by atoms with van der Waals surface area (Å²) in [7, 11) is 5.42. The largest absolute Gasteiger partial charge is 0.473 e. The van der Waals surface area contributed by atoms with Gasteiger partial charge in [0.05, 0.1) is 6.00 Å². The smallest absolute Gasteiger partial charge is 0.407 e. The highest BCUT2D eigenvalue weighted by atomic mass is 16.6. The van der Waals surface area contributed by atoms with E-state index < -0.39 is 11.6 Å². The maximum Gasteiger partial charge on any atom is 0.407 e. The van der Waals surface area contributed by atoms with Crippen LogP contribution >= 0.6 is 0 Å². The number of carbonyl (C=O) groups excluding carboxylic acids is 2. The number of nitrogens with one attached hydrogen (secondary N) is 1. The summed E-state index contributed by atoms with van der Waals surface area (Å²) in [6.07, 6.45) is 3.54. The Morgan fingerprint density at radius 3 is 2.29 bits per heavy atom. The second-order valence-corrected chi connectivity index (χ2v) is 6.76. The van der Waals surface area contributed by atoms with E-state index >= 15 is 0 Å². The Morgan fingerprint density at radius 2 is 1.81 bits per heavy atom. The molecule has 5 nitrogen and oxygen atoms in total. The molecule has 2 radical (unpaired) electrons. The van der Waals surface area contributed by atoms with Gasteiger partial charge in [0.15, 0.2) is 0 Å². The van der Waals surface area contributed by atoms with Gasteiger partial charge in [-0.1, -0.05) is 0 Å². The van der Waals surface area contributed by atoms with Gasteiger partial charge in [-0.15, -0.1) is 0 Å². The van der Waals surface area contributed by atoms with Crippen LogP contribution in [-0.2, 0) is 14.3 Å². The summed E-state index contributed by atoms with van der Waals surface area (Å²) in [5.74, 6) is 0.0708. The van der Waals surface area contributed by atoms with Crippen molar-refractivity contribution >= 4 is 19.9 Å². The highest BCUT2D eigenvalue weighted by molar-refractivity contribution is 6.11. The van der Waals surface area contributed by atoms with Crippen LogP contribution in [0.25, 0.3) is 0 Å². The van der Waals surface area contributed by atoms with Gasteiger partial charge in [0.25, 0.3) is 0 Å². The summed E-state index contributed by atoms with van der Waals surface area (Å²) >= 11 is 0. The number of amides is 1. The molecule has 1 fully saturated rings.